The van der Waals surface area contributed by atoms with E-state index in [2.05, 4.69) is 45.1 Å². The molecule has 0 fully saturated rings. The maximum atomic E-state index is 12.4. The summed E-state index contributed by atoms with van der Waals surface area (Å²) in [7, 11) is 1.83. The number of hydrazine groups is 1. The number of rotatable bonds is 6. The van der Waals surface area contributed by atoms with Gasteiger partial charge in [0.2, 0.25) is 0 Å². The number of amides is 2. The largest absolute Gasteiger partial charge is 0.339 e. The minimum absolute atomic E-state index is 0.00723. The highest BCUT2D eigenvalue weighted by Gasteiger charge is 2.16. The molecule has 0 atom stereocenters. The number of aryl methyl sites for hydroxylation is 2. The standard InChI is InChI=1S/C21H22N8O3S/c1-11(2)15-9-16(22-19-18(15)12(3)27-28(19)4)25-26-21(30)24-17-10-33-20(23-17)13-5-7-14(8-6-13)29(31)32/h5-11H,1-4H3,(H,22,25)(H2,24,26,30). The lowest BCUT2D eigenvalue weighted by Crippen LogP contribution is -2.34. The third-order valence-electron chi connectivity index (χ3n) is 5.00. The molecule has 12 heteroatoms. The predicted octanol–water partition coefficient (Wildman–Crippen LogP) is 4.58. The summed E-state index contributed by atoms with van der Waals surface area (Å²) in [4.78, 5) is 31.6. The van der Waals surface area contributed by atoms with Crippen LogP contribution in [0.1, 0.15) is 31.0 Å². The maximum Gasteiger partial charge on any atom is 0.339 e. The van der Waals surface area contributed by atoms with E-state index < -0.39 is 11.0 Å². The van der Waals surface area contributed by atoms with Gasteiger partial charge in [0.1, 0.15) is 16.6 Å². The highest BCUT2D eigenvalue weighted by molar-refractivity contribution is 7.13. The summed E-state index contributed by atoms with van der Waals surface area (Å²) in [5.74, 6) is 1.11. The van der Waals surface area contributed by atoms with E-state index >= 15 is 0 Å². The number of non-ortho nitro benzene ring substituents is 1. The van der Waals surface area contributed by atoms with Crippen molar-refractivity contribution in [1.82, 2.24) is 25.2 Å². The number of aromatic nitrogens is 4. The third kappa shape index (κ3) is 4.60. The molecule has 2 amide bonds. The van der Waals surface area contributed by atoms with Gasteiger partial charge < -0.3 is 0 Å². The Hall–Kier alpha value is -4.06. The molecule has 11 nitrogen and oxygen atoms in total. The van der Waals surface area contributed by atoms with Crippen LogP contribution < -0.4 is 16.2 Å². The van der Waals surface area contributed by atoms with Crippen LogP contribution in [0.4, 0.5) is 22.1 Å². The van der Waals surface area contributed by atoms with Crippen LogP contribution in [0.3, 0.4) is 0 Å². The number of urea groups is 1. The third-order valence-corrected chi connectivity index (χ3v) is 5.89. The monoisotopic (exact) mass is 466 g/mol. The van der Waals surface area contributed by atoms with Crippen molar-refractivity contribution >= 4 is 45.7 Å². The van der Waals surface area contributed by atoms with Crippen LogP contribution in [0.25, 0.3) is 21.6 Å². The summed E-state index contributed by atoms with van der Waals surface area (Å²) < 4.78 is 1.72. The molecule has 0 saturated carbocycles. The van der Waals surface area contributed by atoms with Gasteiger partial charge in [0, 0.05) is 35.5 Å². The van der Waals surface area contributed by atoms with Gasteiger partial charge in [0.05, 0.1) is 10.6 Å². The molecule has 0 unspecified atom stereocenters. The summed E-state index contributed by atoms with van der Waals surface area (Å²) in [5, 5.41) is 21.2. The van der Waals surface area contributed by atoms with Crippen LogP contribution in [0.2, 0.25) is 0 Å². The minimum Gasteiger partial charge on any atom is -0.290 e. The number of hydrogen-bond acceptors (Lipinski definition) is 8. The molecular weight excluding hydrogens is 444 g/mol. The van der Waals surface area contributed by atoms with Crippen LogP contribution in [0.15, 0.2) is 35.7 Å². The van der Waals surface area contributed by atoms with Crippen molar-refractivity contribution in [3.8, 4) is 10.6 Å². The van der Waals surface area contributed by atoms with E-state index in [0.29, 0.717) is 16.6 Å². The molecule has 170 valence electrons. The number of pyridine rings is 1. The molecule has 0 saturated heterocycles. The van der Waals surface area contributed by atoms with E-state index in [1.54, 1.807) is 22.2 Å². The van der Waals surface area contributed by atoms with Gasteiger partial charge in [-0.3, -0.25) is 25.5 Å². The number of anilines is 2. The van der Waals surface area contributed by atoms with E-state index in [0.717, 1.165) is 27.9 Å². The van der Waals surface area contributed by atoms with Crippen LogP contribution >= 0.6 is 11.3 Å². The highest BCUT2D eigenvalue weighted by Crippen LogP contribution is 2.29. The lowest BCUT2D eigenvalue weighted by Gasteiger charge is -2.13. The SMILES string of the molecule is Cc1nn(C)c2nc(NNC(=O)Nc3csc(-c4ccc([N+](=O)[O-])cc4)n3)cc(C(C)C)c12. The molecule has 3 heterocycles. The van der Waals surface area contributed by atoms with Crippen LogP contribution in [-0.4, -0.2) is 30.7 Å². The summed E-state index contributed by atoms with van der Waals surface area (Å²) in [6, 6.07) is 7.47. The van der Waals surface area contributed by atoms with E-state index in [9.17, 15) is 14.9 Å². The second-order valence-electron chi connectivity index (χ2n) is 7.71. The van der Waals surface area contributed by atoms with Crippen molar-refractivity contribution in [3.63, 3.8) is 0 Å². The topological polar surface area (TPSA) is 140 Å². The number of nitro benzene ring substituents is 1. The van der Waals surface area contributed by atoms with E-state index in [-0.39, 0.29) is 11.6 Å². The number of carbonyl (C=O) groups is 1. The van der Waals surface area contributed by atoms with E-state index in [1.807, 2.05) is 20.0 Å². The Balaban J connectivity index is 1.43. The van der Waals surface area contributed by atoms with Gasteiger partial charge in [-0.2, -0.15) is 5.10 Å². The Morgan fingerprint density at radius 3 is 2.58 bits per heavy atom. The van der Waals surface area contributed by atoms with Crippen LogP contribution in [0.5, 0.6) is 0 Å². The summed E-state index contributed by atoms with van der Waals surface area (Å²) in [6.45, 7) is 6.14. The van der Waals surface area contributed by atoms with Crippen molar-refractivity contribution in [2.45, 2.75) is 26.7 Å². The number of hydrogen-bond donors (Lipinski definition) is 3. The van der Waals surface area contributed by atoms with Gasteiger partial charge in [-0.1, -0.05) is 13.8 Å². The minimum atomic E-state index is -0.510. The Morgan fingerprint density at radius 1 is 1.18 bits per heavy atom. The number of nitrogens with one attached hydrogen (secondary N) is 3. The van der Waals surface area contributed by atoms with Crippen LogP contribution in [0, 0.1) is 17.0 Å². The molecule has 1 aromatic carbocycles. The zero-order chi connectivity index (χ0) is 23.7. The maximum absolute atomic E-state index is 12.4. The van der Waals surface area contributed by atoms with Crippen molar-refractivity contribution in [2.24, 2.45) is 7.05 Å². The fourth-order valence-corrected chi connectivity index (χ4v) is 4.21. The average Bonchev–Trinajstić information content (AvgIpc) is 3.36. The number of thiazole rings is 1. The van der Waals surface area contributed by atoms with Gasteiger partial charge >= 0.3 is 6.03 Å². The Kier molecular flexibility index (Phi) is 5.92. The Bertz CT molecular complexity index is 1340. The molecule has 0 spiro atoms. The molecule has 0 radical (unpaired) electrons. The first-order chi connectivity index (χ1) is 15.7. The summed E-state index contributed by atoms with van der Waals surface area (Å²) in [6.07, 6.45) is 0. The molecule has 3 aromatic heterocycles. The molecule has 33 heavy (non-hydrogen) atoms. The van der Waals surface area contributed by atoms with Gasteiger partial charge in [-0.05, 0) is 36.6 Å². The Morgan fingerprint density at radius 2 is 1.91 bits per heavy atom. The zero-order valence-electron chi connectivity index (χ0n) is 18.4. The van der Waals surface area contributed by atoms with Crippen LogP contribution in [-0.2, 0) is 7.05 Å². The first-order valence-corrected chi connectivity index (χ1v) is 11.0. The second-order valence-corrected chi connectivity index (χ2v) is 8.56. The molecular formula is C21H22N8O3S. The first kappa shape index (κ1) is 22.1. The lowest BCUT2D eigenvalue weighted by molar-refractivity contribution is -0.384. The molecule has 4 aromatic rings. The number of nitrogens with zero attached hydrogens (tertiary/aromatic N) is 5. The molecule has 3 N–H and O–H groups in total. The Labute approximate surface area is 193 Å². The van der Waals surface area contributed by atoms with Crippen molar-refractivity contribution in [2.75, 3.05) is 10.7 Å². The smallest absolute Gasteiger partial charge is 0.290 e. The number of benzene rings is 1. The van der Waals surface area contributed by atoms with E-state index in [1.165, 1.54) is 23.5 Å². The quantitative estimate of drug-likeness (QED) is 0.279. The number of carbonyl (C=O) groups excluding carboxylic acids is 1. The zero-order valence-corrected chi connectivity index (χ0v) is 19.2. The predicted molar refractivity (Wildman–Crippen MR) is 127 cm³/mol. The molecule has 0 aliphatic rings. The fraction of sp³-hybridized carbons (Fsp3) is 0.238. The van der Waals surface area contributed by atoms with Crippen molar-refractivity contribution < 1.29 is 9.72 Å². The van der Waals surface area contributed by atoms with Gasteiger partial charge in [-0.15, -0.1) is 11.3 Å². The first-order valence-electron chi connectivity index (χ1n) is 10.1. The van der Waals surface area contributed by atoms with E-state index in [4.69, 9.17) is 0 Å². The fourth-order valence-electron chi connectivity index (χ4n) is 3.46. The highest BCUT2D eigenvalue weighted by atomic mass is 32.1. The molecule has 0 aliphatic heterocycles. The molecule has 0 aliphatic carbocycles. The molecule has 0 bridgehead atoms. The average molecular weight is 467 g/mol. The second kappa shape index (κ2) is 8.82. The van der Waals surface area contributed by atoms with Gasteiger partial charge in [-0.25, -0.2) is 20.2 Å². The molecule has 4 rings (SSSR count). The van der Waals surface area contributed by atoms with Gasteiger partial charge in [0.25, 0.3) is 5.69 Å². The van der Waals surface area contributed by atoms with Gasteiger partial charge in [0.15, 0.2) is 5.65 Å². The summed E-state index contributed by atoms with van der Waals surface area (Å²) in [5.41, 5.74) is 8.87. The normalized spacial score (nSPS) is 11.1. The van der Waals surface area contributed by atoms with Crippen molar-refractivity contribution in [1.29, 1.82) is 0 Å². The lowest BCUT2D eigenvalue weighted by atomic mass is 10.00. The summed E-state index contributed by atoms with van der Waals surface area (Å²) >= 11 is 1.32. The number of fused-ring (bicyclic) bond motifs is 1. The number of nitro groups is 1. The van der Waals surface area contributed by atoms with Crippen molar-refractivity contribution in [3.05, 3.63) is 57.1 Å².